The van der Waals surface area contributed by atoms with Crippen molar-refractivity contribution in [2.24, 2.45) is 29.1 Å². The van der Waals surface area contributed by atoms with E-state index >= 15 is 0 Å². The lowest BCUT2D eigenvalue weighted by Gasteiger charge is -2.60. The van der Waals surface area contributed by atoms with Gasteiger partial charge in [-0.15, -0.1) is 0 Å². The topological polar surface area (TPSA) is 127 Å². The Kier molecular flexibility index (Phi) is 12.7. The van der Waals surface area contributed by atoms with Crippen LogP contribution >= 0.6 is 0 Å². The molecule has 0 unspecified atom stereocenters. The summed E-state index contributed by atoms with van der Waals surface area (Å²) in [6.07, 6.45) is 1.11. The van der Waals surface area contributed by atoms with Crippen LogP contribution in [0.5, 0.6) is 5.75 Å². The first-order valence-electron chi connectivity index (χ1n) is 19.1. The Morgan fingerprint density at radius 2 is 1.83 bits per heavy atom. The van der Waals surface area contributed by atoms with Gasteiger partial charge in [-0.3, -0.25) is 14.4 Å². The number of carbonyl (C=O) groups is 2. The van der Waals surface area contributed by atoms with Gasteiger partial charge in [-0.05, 0) is 87.2 Å². The van der Waals surface area contributed by atoms with Gasteiger partial charge < -0.3 is 35.4 Å². The van der Waals surface area contributed by atoms with Crippen molar-refractivity contribution in [3.63, 3.8) is 0 Å². The summed E-state index contributed by atoms with van der Waals surface area (Å²) in [4.78, 5) is 38.3. The number of aliphatic hydroxyl groups excluding tert-OH is 2. The molecule has 11 heteroatoms. The normalized spacial score (nSPS) is 26.3. The standard InChI is InChI=1S/C42H63N5O6/c1-24(2)15-31(22-45(7)8)43-40(50)29-16-28(17-32(18-29)46(9)10)33-14-12-13-27(39(33)52-11)21-47-38(37(26(4)49)36(23-48)53-47)41(51)44-35-20-30-19-34(25(35)3)42(30,5)6/h12-14,16-18,24,26,30-31,34-38,48-49H,3,15,19-23H2,1-2,4-11H3,(H,43,50)(H,44,51)/t26-,30+,31+,34-,35-,36-,37+,38-/m0/s1. The molecule has 6 rings (SSSR count). The van der Waals surface area contributed by atoms with Gasteiger partial charge in [0.05, 0.1) is 32.4 Å². The maximum absolute atomic E-state index is 14.2. The monoisotopic (exact) mass is 733 g/mol. The van der Waals surface area contributed by atoms with Crippen LogP contribution in [0.1, 0.15) is 69.8 Å². The molecule has 4 fully saturated rings. The molecular formula is C42H63N5O6. The third-order valence-electron chi connectivity index (χ3n) is 11.9. The molecule has 292 valence electrons. The summed E-state index contributed by atoms with van der Waals surface area (Å²) in [6.45, 7) is 15.4. The third-order valence-corrected chi connectivity index (χ3v) is 11.9. The number of benzene rings is 2. The minimum Gasteiger partial charge on any atom is -0.496 e. The van der Waals surface area contributed by atoms with Gasteiger partial charge in [-0.25, -0.2) is 0 Å². The molecule has 4 aliphatic rings. The summed E-state index contributed by atoms with van der Waals surface area (Å²) >= 11 is 0. The van der Waals surface area contributed by atoms with Crippen molar-refractivity contribution in [2.45, 2.75) is 90.8 Å². The minimum atomic E-state index is -0.917. The van der Waals surface area contributed by atoms with E-state index in [4.69, 9.17) is 9.57 Å². The number of fused-ring (bicyclic) bond motifs is 2. The van der Waals surface area contributed by atoms with E-state index in [0.29, 0.717) is 29.1 Å². The Morgan fingerprint density at radius 1 is 1.11 bits per heavy atom. The first-order valence-corrected chi connectivity index (χ1v) is 19.1. The van der Waals surface area contributed by atoms with Gasteiger partial charge in [-0.1, -0.05) is 58.0 Å². The van der Waals surface area contributed by atoms with Gasteiger partial charge in [-0.2, -0.15) is 5.06 Å². The SMILES string of the molecule is C=C1[C@@H](NC(=O)[C@@H]2[C@H]([C@H](C)O)[C@H](CO)ON2Cc2cccc(-c3cc(C(=O)N[C@H](CC(C)C)CN(C)C)cc(N(C)C)c3)c2OC)C[C@H]2C[C@@H]1C2(C)C. The van der Waals surface area contributed by atoms with Crippen LogP contribution in [0.3, 0.4) is 0 Å². The average Bonchev–Trinajstić information content (AvgIpc) is 3.46. The van der Waals surface area contributed by atoms with Gasteiger partial charge in [0.1, 0.15) is 17.9 Å². The number of para-hydroxylation sites is 1. The second kappa shape index (κ2) is 16.5. The quantitative estimate of drug-likeness (QED) is 0.193. The lowest BCUT2D eigenvalue weighted by atomic mass is 9.46. The lowest BCUT2D eigenvalue weighted by Crippen LogP contribution is -2.59. The highest BCUT2D eigenvalue weighted by atomic mass is 16.7. The van der Waals surface area contributed by atoms with Crippen molar-refractivity contribution in [1.82, 2.24) is 20.6 Å². The summed E-state index contributed by atoms with van der Waals surface area (Å²) in [5.74, 6) is 0.817. The summed E-state index contributed by atoms with van der Waals surface area (Å²) < 4.78 is 6.08. The molecular weight excluding hydrogens is 670 g/mol. The predicted octanol–water partition coefficient (Wildman–Crippen LogP) is 4.72. The smallest absolute Gasteiger partial charge is 0.251 e. The largest absolute Gasteiger partial charge is 0.496 e. The third kappa shape index (κ3) is 8.60. The number of nitrogens with zero attached hydrogens (tertiary/aromatic N) is 3. The maximum atomic E-state index is 14.2. The second-order valence-electron chi connectivity index (χ2n) is 17.1. The minimum absolute atomic E-state index is 0.00522. The molecule has 0 aromatic heterocycles. The fourth-order valence-electron chi connectivity index (χ4n) is 8.97. The molecule has 2 bridgehead atoms. The van der Waals surface area contributed by atoms with Crippen LogP contribution < -0.4 is 20.3 Å². The zero-order valence-corrected chi connectivity index (χ0v) is 33.5. The molecule has 3 saturated carbocycles. The van der Waals surface area contributed by atoms with Crippen molar-refractivity contribution in [3.05, 3.63) is 59.7 Å². The Hall–Kier alpha value is -3.48. The van der Waals surface area contributed by atoms with Crippen LogP contribution in [0, 0.1) is 29.1 Å². The van der Waals surface area contributed by atoms with Crippen LogP contribution in [-0.2, 0) is 16.2 Å². The lowest BCUT2D eigenvalue weighted by molar-refractivity contribution is -0.182. The molecule has 2 amide bonds. The second-order valence-corrected chi connectivity index (χ2v) is 17.1. The van der Waals surface area contributed by atoms with Crippen molar-refractivity contribution in [2.75, 3.05) is 53.4 Å². The summed E-state index contributed by atoms with van der Waals surface area (Å²) in [5.41, 5.74) is 4.98. The number of methoxy groups -OCH3 is 1. The molecule has 2 aromatic carbocycles. The fraction of sp³-hybridized carbons (Fsp3) is 0.619. The highest BCUT2D eigenvalue weighted by Crippen LogP contribution is 2.60. The van der Waals surface area contributed by atoms with Gasteiger partial charge in [0, 0.05) is 55.0 Å². The van der Waals surface area contributed by atoms with Crippen LogP contribution in [0.2, 0.25) is 0 Å². The van der Waals surface area contributed by atoms with E-state index in [2.05, 4.69) is 49.8 Å². The number of aliphatic hydroxyl groups is 2. The number of amides is 2. The van der Waals surface area contributed by atoms with Gasteiger partial charge in [0.25, 0.3) is 5.91 Å². The van der Waals surface area contributed by atoms with Crippen LogP contribution in [0.25, 0.3) is 11.1 Å². The Morgan fingerprint density at radius 3 is 2.40 bits per heavy atom. The van der Waals surface area contributed by atoms with E-state index < -0.39 is 24.2 Å². The number of hydrogen-bond acceptors (Lipinski definition) is 9. The van der Waals surface area contributed by atoms with E-state index in [1.807, 2.05) is 69.5 Å². The van der Waals surface area contributed by atoms with Crippen LogP contribution in [-0.4, -0.2) is 111 Å². The molecule has 8 atom stereocenters. The molecule has 1 saturated heterocycles. The van der Waals surface area contributed by atoms with E-state index in [9.17, 15) is 19.8 Å². The maximum Gasteiger partial charge on any atom is 0.251 e. The van der Waals surface area contributed by atoms with Gasteiger partial charge >= 0.3 is 0 Å². The molecule has 0 radical (unpaired) electrons. The molecule has 0 spiro atoms. The number of ether oxygens (including phenoxy) is 1. The molecule has 1 aliphatic heterocycles. The van der Waals surface area contributed by atoms with Gasteiger partial charge in [0.2, 0.25) is 5.91 Å². The zero-order valence-electron chi connectivity index (χ0n) is 33.5. The highest BCUT2D eigenvalue weighted by molar-refractivity contribution is 5.97. The molecule has 3 aliphatic carbocycles. The van der Waals surface area contributed by atoms with E-state index in [1.54, 1.807) is 19.1 Å². The Labute approximate surface area is 316 Å². The zero-order chi connectivity index (χ0) is 38.9. The molecule has 53 heavy (non-hydrogen) atoms. The average molecular weight is 734 g/mol. The number of likely N-dealkylation sites (N-methyl/N-ethyl adjacent to an activating group) is 1. The summed E-state index contributed by atoms with van der Waals surface area (Å²) in [5, 5.41) is 29.4. The first-order chi connectivity index (χ1) is 25.0. The Balaban J connectivity index is 1.45. The Bertz CT molecular complexity index is 1630. The van der Waals surface area contributed by atoms with Crippen molar-refractivity contribution in [1.29, 1.82) is 0 Å². The van der Waals surface area contributed by atoms with E-state index in [1.165, 1.54) is 0 Å². The summed E-state index contributed by atoms with van der Waals surface area (Å²) in [6, 6.07) is 10.6. The number of hydrogen-bond donors (Lipinski definition) is 4. The fourth-order valence-corrected chi connectivity index (χ4v) is 8.97. The summed E-state index contributed by atoms with van der Waals surface area (Å²) in [7, 11) is 9.52. The number of rotatable bonds is 15. The molecule has 11 nitrogen and oxygen atoms in total. The molecule has 4 N–H and O–H groups in total. The van der Waals surface area contributed by atoms with E-state index in [0.717, 1.165) is 53.8 Å². The predicted molar refractivity (Wildman–Crippen MR) is 210 cm³/mol. The number of hydroxylamine groups is 2. The number of nitrogens with one attached hydrogen (secondary N) is 2. The molecule has 2 aromatic rings. The highest BCUT2D eigenvalue weighted by Gasteiger charge is 2.56. The first kappa shape index (κ1) is 40.7. The van der Waals surface area contributed by atoms with E-state index in [-0.39, 0.29) is 42.5 Å². The van der Waals surface area contributed by atoms with Crippen LogP contribution in [0.4, 0.5) is 5.69 Å². The number of carbonyl (C=O) groups excluding carboxylic acids is 2. The van der Waals surface area contributed by atoms with Crippen molar-refractivity contribution in [3.8, 4) is 16.9 Å². The van der Waals surface area contributed by atoms with Crippen molar-refractivity contribution >= 4 is 17.5 Å². The van der Waals surface area contributed by atoms with Crippen molar-refractivity contribution < 1.29 is 29.4 Å². The van der Waals surface area contributed by atoms with Gasteiger partial charge in [0.15, 0.2) is 0 Å². The number of anilines is 1. The van der Waals surface area contributed by atoms with Crippen LogP contribution in [0.15, 0.2) is 48.6 Å². The molecule has 1 heterocycles.